The molecule has 6 heteroatoms. The third-order valence-corrected chi connectivity index (χ3v) is 3.83. The van der Waals surface area contributed by atoms with Crippen LogP contribution in [0, 0.1) is 0 Å². The van der Waals surface area contributed by atoms with Crippen LogP contribution in [0.3, 0.4) is 0 Å². The monoisotopic (exact) mass is 336 g/mol. The Kier molecular flexibility index (Phi) is 4.79. The Labute approximate surface area is 145 Å². The average molecular weight is 336 g/mol. The summed E-state index contributed by atoms with van der Waals surface area (Å²) in [5.74, 6) is -0.0546. The van der Waals surface area contributed by atoms with Crippen LogP contribution in [0.4, 0.5) is 0 Å². The molecule has 2 aromatic heterocycles. The molecule has 128 valence electrons. The Balaban J connectivity index is 1.82. The van der Waals surface area contributed by atoms with Gasteiger partial charge in [-0.3, -0.25) is 9.59 Å². The number of carbonyl (C=O) groups is 1. The number of aromatic amines is 1. The summed E-state index contributed by atoms with van der Waals surface area (Å²) < 4.78 is 1.80. The second-order valence-electron chi connectivity index (χ2n) is 6.08. The van der Waals surface area contributed by atoms with Gasteiger partial charge in [-0.15, -0.1) is 0 Å². The number of hydrogen-bond donors (Lipinski definition) is 2. The van der Waals surface area contributed by atoms with E-state index in [-0.39, 0.29) is 23.9 Å². The van der Waals surface area contributed by atoms with Crippen molar-refractivity contribution in [1.82, 2.24) is 20.1 Å². The summed E-state index contributed by atoms with van der Waals surface area (Å²) >= 11 is 0. The number of amides is 1. The van der Waals surface area contributed by atoms with Crippen LogP contribution in [0.25, 0.3) is 5.69 Å². The summed E-state index contributed by atoms with van der Waals surface area (Å²) in [6, 6.07) is 16.4. The molecule has 1 aromatic carbocycles. The molecule has 0 spiro atoms. The standard InChI is InChI=1S/C19H20N4O2/c1-13(2)17-11-16(22-23(17)15-8-4-3-5-9-15)19(25)20-12-14-7-6-10-18(24)21-14/h3-11,13H,12H2,1-2H3,(H,20,25)(H,21,24). The van der Waals surface area contributed by atoms with Crippen molar-refractivity contribution >= 4 is 5.91 Å². The molecule has 1 amide bonds. The van der Waals surface area contributed by atoms with E-state index in [1.807, 2.05) is 30.3 Å². The van der Waals surface area contributed by atoms with Gasteiger partial charge >= 0.3 is 0 Å². The first-order valence-corrected chi connectivity index (χ1v) is 8.16. The fourth-order valence-corrected chi connectivity index (χ4v) is 2.56. The van der Waals surface area contributed by atoms with Gasteiger partial charge in [0.2, 0.25) is 5.56 Å². The van der Waals surface area contributed by atoms with Crippen LogP contribution in [0.15, 0.2) is 59.4 Å². The van der Waals surface area contributed by atoms with E-state index < -0.39 is 0 Å². The number of nitrogens with one attached hydrogen (secondary N) is 2. The second-order valence-corrected chi connectivity index (χ2v) is 6.08. The minimum atomic E-state index is -0.277. The first-order valence-electron chi connectivity index (χ1n) is 8.16. The van der Waals surface area contributed by atoms with E-state index in [2.05, 4.69) is 29.2 Å². The van der Waals surface area contributed by atoms with Crippen molar-refractivity contribution in [2.24, 2.45) is 0 Å². The number of hydrogen-bond acceptors (Lipinski definition) is 3. The van der Waals surface area contributed by atoms with E-state index in [1.165, 1.54) is 6.07 Å². The summed E-state index contributed by atoms with van der Waals surface area (Å²) in [6.45, 7) is 4.36. The van der Waals surface area contributed by atoms with Gasteiger partial charge in [0.05, 0.1) is 12.2 Å². The van der Waals surface area contributed by atoms with Gasteiger partial charge in [0.1, 0.15) is 0 Å². The van der Waals surface area contributed by atoms with E-state index in [9.17, 15) is 9.59 Å². The fraction of sp³-hybridized carbons (Fsp3) is 0.211. The first-order chi connectivity index (χ1) is 12.0. The van der Waals surface area contributed by atoms with Crippen LogP contribution in [0.5, 0.6) is 0 Å². The molecule has 0 radical (unpaired) electrons. The molecule has 0 unspecified atom stereocenters. The van der Waals surface area contributed by atoms with Crippen LogP contribution >= 0.6 is 0 Å². The van der Waals surface area contributed by atoms with Crippen LogP contribution in [0.2, 0.25) is 0 Å². The maximum absolute atomic E-state index is 12.4. The molecule has 0 bridgehead atoms. The number of pyridine rings is 1. The highest BCUT2D eigenvalue weighted by Crippen LogP contribution is 2.20. The Bertz CT molecular complexity index is 926. The van der Waals surface area contributed by atoms with Gasteiger partial charge in [0.25, 0.3) is 5.91 Å². The third kappa shape index (κ3) is 3.85. The van der Waals surface area contributed by atoms with Gasteiger partial charge < -0.3 is 10.3 Å². The molecule has 3 aromatic rings. The number of para-hydroxylation sites is 1. The highest BCUT2D eigenvalue weighted by atomic mass is 16.2. The quantitative estimate of drug-likeness (QED) is 0.751. The molecular formula is C19H20N4O2. The van der Waals surface area contributed by atoms with E-state index in [0.717, 1.165) is 11.4 Å². The topological polar surface area (TPSA) is 79.8 Å². The lowest BCUT2D eigenvalue weighted by Crippen LogP contribution is -2.25. The number of benzene rings is 1. The molecule has 2 heterocycles. The number of rotatable bonds is 5. The molecule has 0 fully saturated rings. The Morgan fingerprint density at radius 3 is 2.60 bits per heavy atom. The van der Waals surface area contributed by atoms with Crippen LogP contribution in [-0.2, 0) is 6.54 Å². The summed E-state index contributed by atoms with van der Waals surface area (Å²) in [5.41, 5.74) is 2.68. The molecular weight excluding hydrogens is 316 g/mol. The van der Waals surface area contributed by atoms with Gasteiger partial charge in [0, 0.05) is 17.5 Å². The highest BCUT2D eigenvalue weighted by molar-refractivity contribution is 5.92. The molecule has 0 aliphatic carbocycles. The van der Waals surface area contributed by atoms with Gasteiger partial charge in [-0.05, 0) is 30.2 Å². The van der Waals surface area contributed by atoms with Crippen LogP contribution in [-0.4, -0.2) is 20.7 Å². The smallest absolute Gasteiger partial charge is 0.272 e. The molecule has 2 N–H and O–H groups in total. The minimum absolute atomic E-state index is 0.192. The lowest BCUT2D eigenvalue weighted by Gasteiger charge is -2.09. The van der Waals surface area contributed by atoms with E-state index in [0.29, 0.717) is 11.4 Å². The molecule has 0 atom stereocenters. The lowest BCUT2D eigenvalue weighted by molar-refractivity contribution is 0.0945. The number of aromatic nitrogens is 3. The minimum Gasteiger partial charge on any atom is -0.345 e. The SMILES string of the molecule is CC(C)c1cc(C(=O)NCc2cccc(=O)[nH]2)nn1-c1ccccc1. The van der Waals surface area contributed by atoms with Crippen LogP contribution in [0.1, 0.15) is 41.6 Å². The third-order valence-electron chi connectivity index (χ3n) is 3.83. The van der Waals surface area contributed by atoms with E-state index >= 15 is 0 Å². The van der Waals surface area contributed by atoms with Crippen molar-refractivity contribution in [1.29, 1.82) is 0 Å². The predicted octanol–water partition coefficient (Wildman–Crippen LogP) is 2.61. The van der Waals surface area contributed by atoms with Crippen molar-refractivity contribution in [3.8, 4) is 5.69 Å². The molecule has 0 saturated carbocycles. The predicted molar refractivity (Wildman–Crippen MR) is 95.9 cm³/mol. The maximum atomic E-state index is 12.4. The van der Waals surface area contributed by atoms with Gasteiger partial charge in [0.15, 0.2) is 5.69 Å². The Morgan fingerprint density at radius 1 is 1.16 bits per heavy atom. The van der Waals surface area contributed by atoms with Crippen molar-refractivity contribution < 1.29 is 4.79 Å². The summed E-state index contributed by atoms with van der Waals surface area (Å²) in [5, 5.41) is 7.25. The summed E-state index contributed by atoms with van der Waals surface area (Å²) in [6.07, 6.45) is 0. The lowest BCUT2D eigenvalue weighted by atomic mass is 10.1. The average Bonchev–Trinajstić information content (AvgIpc) is 3.06. The zero-order chi connectivity index (χ0) is 17.8. The number of H-pyrrole nitrogens is 1. The fourth-order valence-electron chi connectivity index (χ4n) is 2.56. The Hall–Kier alpha value is -3.15. The number of carbonyl (C=O) groups excluding carboxylic acids is 1. The van der Waals surface area contributed by atoms with Crippen LogP contribution < -0.4 is 10.9 Å². The van der Waals surface area contributed by atoms with Gasteiger partial charge in [-0.25, -0.2) is 4.68 Å². The molecule has 0 saturated heterocycles. The van der Waals surface area contributed by atoms with Gasteiger partial charge in [-0.2, -0.15) is 5.10 Å². The normalized spacial score (nSPS) is 10.8. The zero-order valence-electron chi connectivity index (χ0n) is 14.2. The molecule has 3 rings (SSSR count). The Morgan fingerprint density at radius 2 is 1.92 bits per heavy atom. The van der Waals surface area contributed by atoms with Crippen molar-refractivity contribution in [3.63, 3.8) is 0 Å². The first kappa shape index (κ1) is 16.7. The second kappa shape index (κ2) is 7.17. The highest BCUT2D eigenvalue weighted by Gasteiger charge is 2.17. The van der Waals surface area contributed by atoms with E-state index in [1.54, 1.807) is 22.9 Å². The maximum Gasteiger partial charge on any atom is 0.272 e. The number of nitrogens with zero attached hydrogens (tertiary/aromatic N) is 2. The summed E-state index contributed by atoms with van der Waals surface area (Å²) in [4.78, 5) is 26.4. The zero-order valence-corrected chi connectivity index (χ0v) is 14.2. The largest absolute Gasteiger partial charge is 0.345 e. The van der Waals surface area contributed by atoms with Crippen molar-refractivity contribution in [2.45, 2.75) is 26.3 Å². The molecule has 6 nitrogen and oxygen atoms in total. The molecule has 0 aliphatic heterocycles. The van der Waals surface area contributed by atoms with Gasteiger partial charge in [-0.1, -0.05) is 38.1 Å². The molecule has 0 aliphatic rings. The summed E-state index contributed by atoms with van der Waals surface area (Å²) in [7, 11) is 0. The van der Waals surface area contributed by atoms with Crippen molar-refractivity contribution in [3.05, 3.63) is 82.0 Å². The van der Waals surface area contributed by atoms with Crippen molar-refractivity contribution in [2.75, 3.05) is 0 Å². The van der Waals surface area contributed by atoms with E-state index in [4.69, 9.17) is 0 Å². The molecule has 25 heavy (non-hydrogen) atoms.